The Balaban J connectivity index is 1.33. The van der Waals surface area contributed by atoms with E-state index in [9.17, 15) is 0 Å². The van der Waals surface area contributed by atoms with Gasteiger partial charge in [-0.15, -0.1) is 0 Å². The summed E-state index contributed by atoms with van der Waals surface area (Å²) in [6.45, 7) is 2.80. The fourth-order valence-electron chi connectivity index (χ4n) is 4.86. The molecule has 29 heavy (non-hydrogen) atoms. The van der Waals surface area contributed by atoms with Crippen LogP contribution in [0, 0.1) is 0 Å². The van der Waals surface area contributed by atoms with Crippen molar-refractivity contribution in [3.8, 4) is 11.5 Å². The second-order valence-electron chi connectivity index (χ2n) is 8.16. The van der Waals surface area contributed by atoms with Gasteiger partial charge in [-0.1, -0.05) is 19.3 Å². The molecule has 3 aliphatic rings. The summed E-state index contributed by atoms with van der Waals surface area (Å²) in [6.07, 6.45) is 10.6. The molecule has 1 saturated carbocycles. The summed E-state index contributed by atoms with van der Waals surface area (Å²) in [4.78, 5) is 12.0. The van der Waals surface area contributed by atoms with Gasteiger partial charge in [0.05, 0.1) is 19.9 Å². The lowest BCUT2D eigenvalue weighted by Crippen LogP contribution is -2.45. The smallest absolute Gasteiger partial charge is 0.176 e. The molecular formula is C22H29N5O2. The van der Waals surface area contributed by atoms with E-state index in [0.717, 1.165) is 42.4 Å². The number of aliphatic imine (C=N–C) groups is 1. The molecular weight excluding hydrogens is 366 g/mol. The number of fused-ring (bicyclic) bond motifs is 2. The van der Waals surface area contributed by atoms with E-state index in [1.165, 1.54) is 43.6 Å². The molecule has 0 amide bonds. The first-order valence-corrected chi connectivity index (χ1v) is 10.6. The summed E-state index contributed by atoms with van der Waals surface area (Å²) in [5, 5.41) is 3.56. The summed E-state index contributed by atoms with van der Waals surface area (Å²) in [6, 6.07) is 3.95. The molecule has 1 N–H and O–H groups in total. The van der Waals surface area contributed by atoms with E-state index < -0.39 is 0 Å². The Morgan fingerprint density at radius 3 is 2.62 bits per heavy atom. The number of nitrogens with zero attached hydrogens (tertiary/aromatic N) is 4. The first-order chi connectivity index (χ1) is 14.3. The van der Waals surface area contributed by atoms with Crippen molar-refractivity contribution in [2.45, 2.75) is 57.4 Å². The summed E-state index contributed by atoms with van der Waals surface area (Å²) >= 11 is 0. The first kappa shape index (κ1) is 18.5. The van der Waals surface area contributed by atoms with Crippen molar-refractivity contribution in [3.05, 3.63) is 35.4 Å². The zero-order valence-corrected chi connectivity index (χ0v) is 17.2. The average Bonchev–Trinajstić information content (AvgIpc) is 3.21. The largest absolute Gasteiger partial charge is 0.493 e. The molecule has 0 radical (unpaired) electrons. The predicted molar refractivity (Wildman–Crippen MR) is 113 cm³/mol. The van der Waals surface area contributed by atoms with Crippen molar-refractivity contribution in [2.75, 3.05) is 26.1 Å². The van der Waals surface area contributed by atoms with Gasteiger partial charge in [0, 0.05) is 55.3 Å². The fraction of sp³-hybridized carbons (Fsp3) is 0.545. The molecule has 1 unspecified atom stereocenters. The Bertz CT molecular complexity index is 916. The summed E-state index contributed by atoms with van der Waals surface area (Å²) < 4.78 is 13.3. The minimum absolute atomic E-state index is 0.0811. The van der Waals surface area contributed by atoms with Crippen LogP contribution in [-0.2, 0) is 13.1 Å². The highest BCUT2D eigenvalue weighted by atomic mass is 16.5. The van der Waals surface area contributed by atoms with Gasteiger partial charge in [-0.25, -0.2) is 4.98 Å². The Morgan fingerprint density at radius 1 is 1.03 bits per heavy atom. The lowest BCUT2D eigenvalue weighted by atomic mass is 9.88. The number of hydrogen-bond donors (Lipinski definition) is 1. The van der Waals surface area contributed by atoms with Gasteiger partial charge in [-0.2, -0.15) is 0 Å². The third-order valence-corrected chi connectivity index (χ3v) is 6.46. The number of rotatable bonds is 4. The molecule has 1 aromatic carbocycles. The number of anilines is 1. The minimum atomic E-state index is -0.0811. The van der Waals surface area contributed by atoms with Crippen molar-refractivity contribution in [1.82, 2.24) is 14.5 Å². The Morgan fingerprint density at radius 2 is 1.83 bits per heavy atom. The number of ether oxygens (including phenoxy) is 2. The summed E-state index contributed by atoms with van der Waals surface area (Å²) in [7, 11) is 3.31. The number of aromatic nitrogens is 2. The van der Waals surface area contributed by atoms with Gasteiger partial charge in [-0.05, 0) is 18.9 Å². The van der Waals surface area contributed by atoms with Gasteiger partial charge < -0.3 is 19.4 Å². The average molecular weight is 396 g/mol. The number of imidazole rings is 1. The highest BCUT2D eigenvalue weighted by molar-refractivity contribution is 5.91. The topological polar surface area (TPSA) is 63.9 Å². The van der Waals surface area contributed by atoms with E-state index in [4.69, 9.17) is 19.5 Å². The van der Waals surface area contributed by atoms with Gasteiger partial charge in [0.25, 0.3) is 0 Å². The third kappa shape index (κ3) is 3.37. The maximum atomic E-state index is 5.46. The summed E-state index contributed by atoms with van der Waals surface area (Å²) in [5.41, 5.74) is 3.33. The van der Waals surface area contributed by atoms with Crippen LogP contribution < -0.4 is 14.8 Å². The monoisotopic (exact) mass is 395 g/mol. The molecule has 0 saturated heterocycles. The molecule has 3 heterocycles. The second-order valence-corrected chi connectivity index (χ2v) is 8.16. The van der Waals surface area contributed by atoms with E-state index >= 15 is 0 Å². The van der Waals surface area contributed by atoms with Crippen LogP contribution >= 0.6 is 0 Å². The van der Waals surface area contributed by atoms with Gasteiger partial charge >= 0.3 is 0 Å². The number of nitrogens with one attached hydrogen (secondary N) is 1. The van der Waals surface area contributed by atoms with Crippen LogP contribution in [0.4, 0.5) is 5.69 Å². The maximum Gasteiger partial charge on any atom is 0.176 e. The summed E-state index contributed by atoms with van der Waals surface area (Å²) in [5.74, 6) is 3.39. The van der Waals surface area contributed by atoms with E-state index in [1.807, 2.05) is 18.3 Å². The van der Waals surface area contributed by atoms with Gasteiger partial charge in [-0.3, -0.25) is 9.89 Å². The molecule has 0 bridgehead atoms. The van der Waals surface area contributed by atoms with Gasteiger partial charge in [0.15, 0.2) is 17.8 Å². The molecule has 0 spiro atoms. The lowest BCUT2D eigenvalue weighted by molar-refractivity contribution is 0.173. The van der Waals surface area contributed by atoms with E-state index in [0.29, 0.717) is 5.92 Å². The van der Waals surface area contributed by atoms with E-state index in [2.05, 4.69) is 21.0 Å². The Hall–Kier alpha value is -2.54. The standard InChI is InChI=1S/C22H29N5O2/c1-28-19-10-16-12-24-22(25-18(16)11-20(19)29-2)26-8-9-27-17(14-26)13-23-21(27)15-6-4-3-5-7-15/h10-13,15,22,25H,3-9,14H2,1-2H3. The number of methoxy groups -OCH3 is 2. The molecule has 154 valence electrons. The van der Waals surface area contributed by atoms with Crippen molar-refractivity contribution >= 4 is 11.9 Å². The van der Waals surface area contributed by atoms with Crippen molar-refractivity contribution in [3.63, 3.8) is 0 Å². The number of hydrogen-bond acceptors (Lipinski definition) is 6. The number of benzene rings is 1. The third-order valence-electron chi connectivity index (χ3n) is 6.46. The Kier molecular flexibility index (Phi) is 4.91. The van der Waals surface area contributed by atoms with Crippen LogP contribution in [0.3, 0.4) is 0 Å². The van der Waals surface area contributed by atoms with Crippen LogP contribution in [-0.4, -0.2) is 47.7 Å². The lowest BCUT2D eigenvalue weighted by Gasteiger charge is -2.36. The van der Waals surface area contributed by atoms with E-state index in [1.54, 1.807) is 14.2 Å². The van der Waals surface area contributed by atoms with Crippen LogP contribution in [0.2, 0.25) is 0 Å². The second kappa shape index (κ2) is 7.71. The first-order valence-electron chi connectivity index (χ1n) is 10.6. The fourth-order valence-corrected chi connectivity index (χ4v) is 4.86. The maximum absolute atomic E-state index is 5.46. The normalized spacial score (nSPS) is 21.9. The molecule has 1 atom stereocenters. The zero-order chi connectivity index (χ0) is 19.8. The minimum Gasteiger partial charge on any atom is -0.493 e. The SMILES string of the molecule is COc1cc2c(cc1OC)NC(N1CCn3c(cnc3C3CCCCC3)C1)N=C2. The predicted octanol–water partition coefficient (Wildman–Crippen LogP) is 3.59. The van der Waals surface area contributed by atoms with Crippen LogP contribution in [0.1, 0.15) is 55.1 Å². The molecule has 2 aliphatic heterocycles. The molecule has 5 rings (SSSR count). The molecule has 7 heteroatoms. The molecule has 2 aromatic rings. The molecule has 1 fully saturated rings. The molecule has 1 aromatic heterocycles. The van der Waals surface area contributed by atoms with Gasteiger partial charge in [0.1, 0.15) is 5.82 Å². The Labute approximate surface area is 171 Å². The molecule has 7 nitrogen and oxygen atoms in total. The van der Waals surface area contributed by atoms with Crippen LogP contribution in [0.15, 0.2) is 23.3 Å². The zero-order valence-electron chi connectivity index (χ0n) is 17.2. The van der Waals surface area contributed by atoms with Crippen molar-refractivity contribution in [1.29, 1.82) is 0 Å². The van der Waals surface area contributed by atoms with E-state index in [-0.39, 0.29) is 6.29 Å². The van der Waals surface area contributed by atoms with Crippen molar-refractivity contribution in [2.24, 2.45) is 4.99 Å². The quantitative estimate of drug-likeness (QED) is 0.857. The van der Waals surface area contributed by atoms with Crippen molar-refractivity contribution < 1.29 is 9.47 Å². The van der Waals surface area contributed by atoms with Gasteiger partial charge in [0.2, 0.25) is 0 Å². The van der Waals surface area contributed by atoms with Crippen LogP contribution in [0.5, 0.6) is 11.5 Å². The highest BCUT2D eigenvalue weighted by Gasteiger charge is 2.29. The van der Waals surface area contributed by atoms with Crippen LogP contribution in [0.25, 0.3) is 0 Å². The molecule has 1 aliphatic carbocycles. The highest BCUT2D eigenvalue weighted by Crippen LogP contribution is 2.36.